The summed E-state index contributed by atoms with van der Waals surface area (Å²) in [4.78, 5) is 4.14. The maximum Gasteiger partial charge on any atom is 0.0348 e. The predicted octanol–water partition coefficient (Wildman–Crippen LogP) is 4.24. The van der Waals surface area contributed by atoms with Crippen molar-refractivity contribution >= 4 is 21.4 Å². The van der Waals surface area contributed by atoms with E-state index in [1.807, 2.05) is 11.3 Å². The molecule has 1 aliphatic rings. The molecule has 1 aromatic heterocycles. The summed E-state index contributed by atoms with van der Waals surface area (Å²) in [5.41, 5.74) is 1.58. The van der Waals surface area contributed by atoms with Gasteiger partial charge in [0.05, 0.1) is 0 Å². The van der Waals surface area contributed by atoms with Crippen LogP contribution in [-0.2, 0) is 6.42 Å². The molecule has 0 radical (unpaired) electrons. The number of hydrogen-bond donors (Lipinski definition) is 0. The van der Waals surface area contributed by atoms with Gasteiger partial charge >= 0.3 is 0 Å². The quantitative estimate of drug-likeness (QED) is 0.797. The molecule has 0 bridgehead atoms. The Balaban J connectivity index is 1.75. The number of aryl methyl sites for hydroxylation is 1. The smallest absolute Gasteiger partial charge is 0.0348 e. The minimum Gasteiger partial charge on any atom is -0.303 e. The first kappa shape index (κ1) is 12.2. The Hall–Kier alpha value is -0.860. The highest BCUT2D eigenvalue weighted by Gasteiger charge is 2.13. The molecule has 0 N–H and O–H groups in total. The van der Waals surface area contributed by atoms with E-state index in [9.17, 15) is 0 Å². The average Bonchev–Trinajstić information content (AvgIpc) is 2.73. The Morgan fingerprint density at radius 1 is 1.11 bits per heavy atom. The zero-order chi connectivity index (χ0) is 12.4. The van der Waals surface area contributed by atoms with Crippen molar-refractivity contribution in [2.45, 2.75) is 32.6 Å². The highest BCUT2D eigenvalue weighted by atomic mass is 32.1. The van der Waals surface area contributed by atoms with E-state index < -0.39 is 0 Å². The molecule has 1 aromatic carbocycles. The third-order valence-electron chi connectivity index (χ3n) is 4.03. The molecule has 2 heterocycles. The molecule has 18 heavy (non-hydrogen) atoms. The predicted molar refractivity (Wildman–Crippen MR) is 80.6 cm³/mol. The standard InChI is InChI=1S/C16H21NS/c1-13-14(9-12-17-10-5-2-6-11-17)15-7-3-4-8-16(15)18-13/h3-4,7-8H,2,5-6,9-12H2,1H3. The molecule has 0 spiro atoms. The van der Waals surface area contributed by atoms with Gasteiger partial charge in [0.25, 0.3) is 0 Å². The highest BCUT2D eigenvalue weighted by molar-refractivity contribution is 7.19. The number of benzene rings is 1. The molecule has 3 rings (SSSR count). The Kier molecular flexibility index (Phi) is 3.67. The van der Waals surface area contributed by atoms with E-state index in [0.717, 1.165) is 0 Å². The molecule has 0 unspecified atom stereocenters. The Morgan fingerprint density at radius 3 is 2.72 bits per heavy atom. The van der Waals surface area contributed by atoms with Crippen molar-refractivity contribution in [3.63, 3.8) is 0 Å². The molecule has 1 saturated heterocycles. The van der Waals surface area contributed by atoms with Crippen molar-refractivity contribution < 1.29 is 0 Å². The van der Waals surface area contributed by atoms with Crippen LogP contribution in [-0.4, -0.2) is 24.5 Å². The van der Waals surface area contributed by atoms with Gasteiger partial charge in [0.2, 0.25) is 0 Å². The van der Waals surface area contributed by atoms with E-state index in [1.54, 1.807) is 5.56 Å². The van der Waals surface area contributed by atoms with Gasteiger partial charge in [-0.3, -0.25) is 0 Å². The summed E-state index contributed by atoms with van der Waals surface area (Å²) < 4.78 is 1.45. The van der Waals surface area contributed by atoms with E-state index in [1.165, 1.54) is 60.3 Å². The first-order chi connectivity index (χ1) is 8.84. The Bertz CT molecular complexity index is 523. The molecule has 0 amide bonds. The maximum absolute atomic E-state index is 2.63. The Labute approximate surface area is 113 Å². The van der Waals surface area contributed by atoms with Gasteiger partial charge in [0.1, 0.15) is 0 Å². The molecule has 1 fully saturated rings. The normalized spacial score (nSPS) is 17.4. The van der Waals surface area contributed by atoms with Crippen LogP contribution in [0.2, 0.25) is 0 Å². The lowest BCUT2D eigenvalue weighted by Gasteiger charge is -2.26. The average molecular weight is 259 g/mol. The molecule has 96 valence electrons. The molecular formula is C16H21NS. The number of thiophene rings is 1. The lowest BCUT2D eigenvalue weighted by Crippen LogP contribution is -2.31. The largest absolute Gasteiger partial charge is 0.303 e. The molecule has 1 aliphatic heterocycles. The van der Waals surface area contributed by atoms with E-state index in [2.05, 4.69) is 36.1 Å². The van der Waals surface area contributed by atoms with Gasteiger partial charge < -0.3 is 4.90 Å². The van der Waals surface area contributed by atoms with Crippen molar-refractivity contribution in [2.24, 2.45) is 0 Å². The van der Waals surface area contributed by atoms with Gasteiger partial charge in [0.15, 0.2) is 0 Å². The summed E-state index contributed by atoms with van der Waals surface area (Å²) in [5.74, 6) is 0. The summed E-state index contributed by atoms with van der Waals surface area (Å²) in [5, 5.41) is 1.48. The van der Waals surface area contributed by atoms with Crippen molar-refractivity contribution in [3.8, 4) is 0 Å². The summed E-state index contributed by atoms with van der Waals surface area (Å²) >= 11 is 1.95. The van der Waals surface area contributed by atoms with Gasteiger partial charge in [-0.05, 0) is 56.3 Å². The lowest BCUT2D eigenvalue weighted by atomic mass is 10.1. The van der Waals surface area contributed by atoms with E-state index in [-0.39, 0.29) is 0 Å². The van der Waals surface area contributed by atoms with Gasteiger partial charge in [0, 0.05) is 16.1 Å². The molecule has 0 atom stereocenters. The maximum atomic E-state index is 2.63. The van der Waals surface area contributed by atoms with E-state index >= 15 is 0 Å². The SMILES string of the molecule is Cc1sc2ccccc2c1CCN1CCCCC1. The van der Waals surface area contributed by atoms with Crippen molar-refractivity contribution in [2.75, 3.05) is 19.6 Å². The molecule has 1 nitrogen and oxygen atoms in total. The fraction of sp³-hybridized carbons (Fsp3) is 0.500. The van der Waals surface area contributed by atoms with Crippen molar-refractivity contribution in [3.05, 3.63) is 34.7 Å². The highest BCUT2D eigenvalue weighted by Crippen LogP contribution is 2.31. The van der Waals surface area contributed by atoms with Crippen LogP contribution in [0, 0.1) is 6.92 Å². The van der Waals surface area contributed by atoms with Crippen LogP contribution in [0.1, 0.15) is 29.7 Å². The first-order valence-electron chi connectivity index (χ1n) is 7.04. The zero-order valence-corrected chi connectivity index (χ0v) is 11.9. The molecular weight excluding hydrogens is 238 g/mol. The third kappa shape index (κ3) is 2.45. The number of likely N-dealkylation sites (tertiary alicyclic amines) is 1. The third-order valence-corrected chi connectivity index (χ3v) is 5.16. The second kappa shape index (κ2) is 5.41. The minimum atomic E-state index is 1.22. The molecule has 0 aliphatic carbocycles. The van der Waals surface area contributed by atoms with Crippen LogP contribution in [0.15, 0.2) is 24.3 Å². The van der Waals surface area contributed by atoms with Gasteiger partial charge in [-0.2, -0.15) is 0 Å². The minimum absolute atomic E-state index is 1.22. The van der Waals surface area contributed by atoms with Crippen LogP contribution < -0.4 is 0 Å². The Morgan fingerprint density at radius 2 is 1.89 bits per heavy atom. The van der Waals surface area contributed by atoms with E-state index in [4.69, 9.17) is 0 Å². The first-order valence-corrected chi connectivity index (χ1v) is 7.85. The monoisotopic (exact) mass is 259 g/mol. The van der Waals surface area contributed by atoms with Gasteiger partial charge in [-0.1, -0.05) is 24.6 Å². The van der Waals surface area contributed by atoms with E-state index in [0.29, 0.717) is 0 Å². The second-order valence-corrected chi connectivity index (χ2v) is 6.54. The van der Waals surface area contributed by atoms with Crippen LogP contribution in [0.3, 0.4) is 0 Å². The zero-order valence-electron chi connectivity index (χ0n) is 11.1. The fourth-order valence-electron chi connectivity index (χ4n) is 2.98. The summed E-state index contributed by atoms with van der Waals surface area (Å²) in [6.07, 6.45) is 5.43. The summed E-state index contributed by atoms with van der Waals surface area (Å²) in [6.45, 7) is 6.13. The van der Waals surface area contributed by atoms with Crippen molar-refractivity contribution in [1.29, 1.82) is 0 Å². The number of fused-ring (bicyclic) bond motifs is 1. The number of rotatable bonds is 3. The summed E-state index contributed by atoms with van der Waals surface area (Å²) in [7, 11) is 0. The topological polar surface area (TPSA) is 3.24 Å². The van der Waals surface area contributed by atoms with Crippen LogP contribution in [0.5, 0.6) is 0 Å². The number of piperidine rings is 1. The second-order valence-electron chi connectivity index (χ2n) is 5.29. The molecule has 0 saturated carbocycles. The van der Waals surface area contributed by atoms with Crippen LogP contribution >= 0.6 is 11.3 Å². The number of nitrogens with zero attached hydrogens (tertiary/aromatic N) is 1. The number of hydrogen-bond acceptors (Lipinski definition) is 2. The lowest BCUT2D eigenvalue weighted by molar-refractivity contribution is 0.231. The molecule has 2 heteroatoms. The van der Waals surface area contributed by atoms with Gasteiger partial charge in [-0.25, -0.2) is 0 Å². The fourth-order valence-corrected chi connectivity index (χ4v) is 4.10. The van der Waals surface area contributed by atoms with Crippen LogP contribution in [0.4, 0.5) is 0 Å². The van der Waals surface area contributed by atoms with Gasteiger partial charge in [-0.15, -0.1) is 11.3 Å². The van der Waals surface area contributed by atoms with Crippen molar-refractivity contribution in [1.82, 2.24) is 4.90 Å². The summed E-state index contributed by atoms with van der Waals surface area (Å²) in [6, 6.07) is 8.84. The molecule has 2 aromatic rings. The van der Waals surface area contributed by atoms with Crippen LogP contribution in [0.25, 0.3) is 10.1 Å².